The van der Waals surface area contributed by atoms with E-state index in [1.807, 2.05) is 18.2 Å². The second-order valence-electron chi connectivity index (χ2n) is 3.31. The third-order valence-electron chi connectivity index (χ3n) is 2.28. The van der Waals surface area contributed by atoms with Gasteiger partial charge in [-0.25, -0.2) is 0 Å². The Kier molecular flexibility index (Phi) is 4.50. The van der Waals surface area contributed by atoms with Crippen LogP contribution in [0.1, 0.15) is 12.0 Å². The van der Waals surface area contributed by atoms with Gasteiger partial charge < -0.3 is 10.8 Å². The van der Waals surface area contributed by atoms with Crippen molar-refractivity contribution in [3.63, 3.8) is 0 Å². The molecule has 1 aromatic rings. The van der Waals surface area contributed by atoms with E-state index in [0.29, 0.717) is 6.54 Å². The second kappa shape index (κ2) is 5.73. The molecule has 2 heteroatoms. The Morgan fingerprint density at radius 2 is 1.92 bits per heavy atom. The minimum absolute atomic E-state index is 0.198. The lowest BCUT2D eigenvalue weighted by Gasteiger charge is -2.10. The van der Waals surface area contributed by atoms with Gasteiger partial charge >= 0.3 is 0 Å². The number of aliphatic hydroxyl groups is 1. The summed E-state index contributed by atoms with van der Waals surface area (Å²) in [5.41, 5.74) is 6.80. The molecule has 0 fully saturated rings. The van der Waals surface area contributed by atoms with Crippen LogP contribution in [0.15, 0.2) is 30.3 Å². The van der Waals surface area contributed by atoms with Gasteiger partial charge in [0.25, 0.3) is 0 Å². The van der Waals surface area contributed by atoms with Crippen LogP contribution in [0.3, 0.4) is 0 Å². The summed E-state index contributed by atoms with van der Waals surface area (Å²) in [6.45, 7) is 0.771. The maximum Gasteiger partial charge on any atom is 0.0471 e. The van der Waals surface area contributed by atoms with Crippen molar-refractivity contribution in [1.29, 1.82) is 0 Å². The minimum atomic E-state index is 0.198. The minimum Gasteiger partial charge on any atom is -0.396 e. The van der Waals surface area contributed by atoms with Crippen LogP contribution in [0.2, 0.25) is 0 Å². The van der Waals surface area contributed by atoms with E-state index < -0.39 is 0 Å². The van der Waals surface area contributed by atoms with Crippen molar-refractivity contribution in [3.8, 4) is 0 Å². The average molecular weight is 179 g/mol. The van der Waals surface area contributed by atoms with E-state index in [9.17, 15) is 0 Å². The van der Waals surface area contributed by atoms with Gasteiger partial charge in [0, 0.05) is 6.61 Å². The molecule has 1 unspecified atom stereocenters. The summed E-state index contributed by atoms with van der Waals surface area (Å²) in [4.78, 5) is 0. The molecule has 0 aromatic heterocycles. The van der Waals surface area contributed by atoms with Crippen LogP contribution in [0, 0.1) is 5.92 Å². The Morgan fingerprint density at radius 1 is 1.23 bits per heavy atom. The fraction of sp³-hybridized carbons (Fsp3) is 0.455. The Hall–Kier alpha value is -0.860. The first kappa shape index (κ1) is 10.2. The van der Waals surface area contributed by atoms with E-state index in [1.54, 1.807) is 0 Å². The molecule has 0 radical (unpaired) electrons. The number of rotatable bonds is 5. The fourth-order valence-corrected chi connectivity index (χ4v) is 1.30. The Labute approximate surface area is 79.4 Å². The van der Waals surface area contributed by atoms with E-state index in [0.717, 1.165) is 12.8 Å². The van der Waals surface area contributed by atoms with E-state index in [-0.39, 0.29) is 12.5 Å². The van der Waals surface area contributed by atoms with E-state index in [2.05, 4.69) is 12.1 Å². The lowest BCUT2D eigenvalue weighted by Crippen LogP contribution is -2.18. The molecule has 2 nitrogen and oxygen atoms in total. The van der Waals surface area contributed by atoms with E-state index in [1.165, 1.54) is 5.56 Å². The van der Waals surface area contributed by atoms with Gasteiger partial charge in [-0.15, -0.1) is 0 Å². The molecule has 1 aromatic carbocycles. The predicted octanol–water partition coefficient (Wildman–Crippen LogP) is 1.19. The third kappa shape index (κ3) is 3.57. The largest absolute Gasteiger partial charge is 0.396 e. The summed E-state index contributed by atoms with van der Waals surface area (Å²) in [7, 11) is 0. The van der Waals surface area contributed by atoms with E-state index >= 15 is 0 Å². The molecule has 0 bridgehead atoms. The molecule has 1 rings (SSSR count). The Morgan fingerprint density at radius 3 is 2.46 bits per heavy atom. The Balaban J connectivity index is 2.34. The van der Waals surface area contributed by atoms with Gasteiger partial charge in [0.2, 0.25) is 0 Å². The Bertz CT molecular complexity index is 219. The molecule has 0 aliphatic carbocycles. The van der Waals surface area contributed by atoms with Crippen LogP contribution in [0.4, 0.5) is 0 Å². The van der Waals surface area contributed by atoms with Crippen molar-refractivity contribution >= 4 is 0 Å². The summed E-state index contributed by atoms with van der Waals surface area (Å²) in [5.74, 6) is 0.250. The number of aliphatic hydroxyl groups excluding tert-OH is 1. The van der Waals surface area contributed by atoms with Crippen molar-refractivity contribution in [2.75, 3.05) is 13.2 Å². The van der Waals surface area contributed by atoms with Gasteiger partial charge in [-0.1, -0.05) is 30.3 Å². The van der Waals surface area contributed by atoms with Gasteiger partial charge in [-0.2, -0.15) is 0 Å². The highest BCUT2D eigenvalue weighted by Crippen LogP contribution is 2.08. The van der Waals surface area contributed by atoms with Crippen LogP contribution in [0.5, 0.6) is 0 Å². The second-order valence-corrected chi connectivity index (χ2v) is 3.31. The maximum atomic E-state index is 8.92. The molecule has 0 amide bonds. The molecule has 0 saturated carbocycles. The smallest absolute Gasteiger partial charge is 0.0471 e. The first-order chi connectivity index (χ1) is 6.36. The van der Waals surface area contributed by atoms with Gasteiger partial charge in [-0.05, 0) is 30.9 Å². The summed E-state index contributed by atoms with van der Waals surface area (Å²) in [6, 6.07) is 10.3. The molecule has 13 heavy (non-hydrogen) atoms. The normalized spacial score (nSPS) is 12.8. The van der Waals surface area contributed by atoms with Crippen molar-refractivity contribution in [2.45, 2.75) is 12.8 Å². The number of hydrogen-bond acceptors (Lipinski definition) is 2. The zero-order chi connectivity index (χ0) is 9.52. The summed E-state index contributed by atoms with van der Waals surface area (Å²) in [6.07, 6.45) is 1.97. The molecular weight excluding hydrogens is 162 g/mol. The van der Waals surface area contributed by atoms with E-state index in [4.69, 9.17) is 10.8 Å². The van der Waals surface area contributed by atoms with Gasteiger partial charge in [0.1, 0.15) is 0 Å². The number of aryl methyl sites for hydroxylation is 1. The van der Waals surface area contributed by atoms with Crippen molar-refractivity contribution in [1.82, 2.24) is 0 Å². The lowest BCUT2D eigenvalue weighted by molar-refractivity contribution is 0.223. The zero-order valence-corrected chi connectivity index (χ0v) is 7.82. The maximum absolute atomic E-state index is 8.92. The van der Waals surface area contributed by atoms with Crippen LogP contribution < -0.4 is 5.73 Å². The molecule has 0 aliphatic heterocycles. The van der Waals surface area contributed by atoms with Crippen LogP contribution >= 0.6 is 0 Å². The first-order valence-corrected chi connectivity index (χ1v) is 4.71. The third-order valence-corrected chi connectivity index (χ3v) is 2.28. The summed E-state index contributed by atoms with van der Waals surface area (Å²) < 4.78 is 0. The number of nitrogens with two attached hydrogens (primary N) is 1. The van der Waals surface area contributed by atoms with Crippen LogP contribution in [-0.2, 0) is 6.42 Å². The average Bonchev–Trinajstić information content (AvgIpc) is 2.21. The molecule has 0 heterocycles. The van der Waals surface area contributed by atoms with Crippen molar-refractivity contribution in [3.05, 3.63) is 35.9 Å². The SMILES string of the molecule is NCC(CO)CCc1ccccc1. The highest BCUT2D eigenvalue weighted by atomic mass is 16.3. The molecule has 1 atom stereocenters. The summed E-state index contributed by atoms with van der Waals surface area (Å²) >= 11 is 0. The molecule has 72 valence electrons. The molecule has 3 N–H and O–H groups in total. The lowest BCUT2D eigenvalue weighted by atomic mass is 10.0. The molecule has 0 spiro atoms. The fourth-order valence-electron chi connectivity index (χ4n) is 1.30. The molecule has 0 saturated heterocycles. The number of hydrogen-bond donors (Lipinski definition) is 2. The van der Waals surface area contributed by atoms with Crippen molar-refractivity contribution in [2.24, 2.45) is 11.7 Å². The summed E-state index contributed by atoms with van der Waals surface area (Å²) in [5, 5.41) is 8.92. The van der Waals surface area contributed by atoms with Crippen LogP contribution in [-0.4, -0.2) is 18.3 Å². The van der Waals surface area contributed by atoms with Gasteiger partial charge in [0.05, 0.1) is 0 Å². The highest BCUT2D eigenvalue weighted by Gasteiger charge is 2.04. The topological polar surface area (TPSA) is 46.2 Å². The zero-order valence-electron chi connectivity index (χ0n) is 7.82. The highest BCUT2D eigenvalue weighted by molar-refractivity contribution is 5.14. The first-order valence-electron chi connectivity index (χ1n) is 4.71. The predicted molar refractivity (Wildman–Crippen MR) is 54.4 cm³/mol. The van der Waals surface area contributed by atoms with Crippen molar-refractivity contribution < 1.29 is 5.11 Å². The van der Waals surface area contributed by atoms with Crippen LogP contribution in [0.25, 0.3) is 0 Å². The molecular formula is C11H17NO. The monoisotopic (exact) mass is 179 g/mol. The quantitative estimate of drug-likeness (QED) is 0.713. The number of benzene rings is 1. The van der Waals surface area contributed by atoms with Gasteiger partial charge in [-0.3, -0.25) is 0 Å². The van der Waals surface area contributed by atoms with Gasteiger partial charge in [0.15, 0.2) is 0 Å². The standard InChI is InChI=1S/C11H17NO/c12-8-11(9-13)7-6-10-4-2-1-3-5-10/h1-5,11,13H,6-9,12H2. The molecule has 0 aliphatic rings.